The summed E-state index contributed by atoms with van der Waals surface area (Å²) in [5.41, 5.74) is 5.85. The maximum atomic E-state index is 13.1. The average Bonchev–Trinajstić information content (AvgIpc) is 3.32. The number of carbonyl (C=O) groups is 1. The van der Waals surface area contributed by atoms with Crippen LogP contribution in [0.25, 0.3) is 11.8 Å². The lowest BCUT2D eigenvalue weighted by atomic mass is 10.2. The number of aromatic nitrogens is 1. The molecule has 1 amide bonds. The molecule has 0 saturated carbocycles. The number of benzene rings is 3. The number of carbonyl (C=O) groups excluding carboxylic acids is 1. The van der Waals surface area contributed by atoms with E-state index in [2.05, 4.69) is 24.5 Å². The summed E-state index contributed by atoms with van der Waals surface area (Å²) in [6.07, 6.45) is 1.93. The zero-order valence-electron chi connectivity index (χ0n) is 19.8. The number of nitrogens with zero attached hydrogens (tertiary/aromatic N) is 2. The largest absolute Gasteiger partial charge is 0.489 e. The summed E-state index contributed by atoms with van der Waals surface area (Å²) in [5.74, 6) is 0.673. The highest BCUT2D eigenvalue weighted by molar-refractivity contribution is 8.27. The van der Waals surface area contributed by atoms with Gasteiger partial charge in [0.2, 0.25) is 0 Å². The van der Waals surface area contributed by atoms with Crippen molar-refractivity contribution in [2.24, 2.45) is 0 Å². The number of anilines is 1. The number of aryl methyl sites for hydroxylation is 1. The second kappa shape index (κ2) is 10.3. The van der Waals surface area contributed by atoms with Crippen molar-refractivity contribution in [3.63, 3.8) is 0 Å². The number of halogens is 1. The second-order valence-corrected chi connectivity index (χ2v) is 10.5. The molecule has 180 valence electrons. The van der Waals surface area contributed by atoms with Crippen LogP contribution in [0.5, 0.6) is 5.75 Å². The van der Waals surface area contributed by atoms with Crippen LogP contribution in [-0.4, -0.2) is 14.8 Å². The van der Waals surface area contributed by atoms with Gasteiger partial charge in [-0.15, -0.1) is 0 Å². The molecule has 0 spiro atoms. The van der Waals surface area contributed by atoms with Gasteiger partial charge in [-0.05, 0) is 74.0 Å². The van der Waals surface area contributed by atoms with Gasteiger partial charge in [-0.3, -0.25) is 9.69 Å². The molecule has 3 aromatic carbocycles. The molecule has 1 saturated heterocycles. The minimum atomic E-state index is -0.0963. The molecule has 36 heavy (non-hydrogen) atoms. The van der Waals surface area contributed by atoms with Crippen LogP contribution >= 0.6 is 35.6 Å². The third-order valence-electron chi connectivity index (χ3n) is 6.01. The molecular formula is C29H23ClN2O2S2. The lowest BCUT2D eigenvalue weighted by molar-refractivity contribution is -0.113. The van der Waals surface area contributed by atoms with E-state index in [4.69, 9.17) is 28.6 Å². The first kappa shape index (κ1) is 24.4. The molecule has 1 aromatic heterocycles. The number of hydrogen-bond acceptors (Lipinski definition) is 4. The Bertz CT molecular complexity index is 1480. The summed E-state index contributed by atoms with van der Waals surface area (Å²) in [7, 11) is 0. The highest BCUT2D eigenvalue weighted by atomic mass is 35.5. The van der Waals surface area contributed by atoms with E-state index >= 15 is 0 Å². The summed E-state index contributed by atoms with van der Waals surface area (Å²) in [6.45, 7) is 4.52. The van der Waals surface area contributed by atoms with Gasteiger partial charge in [-0.2, -0.15) is 0 Å². The molecule has 1 aliphatic rings. The molecule has 1 fully saturated rings. The fourth-order valence-corrected chi connectivity index (χ4v) is 5.69. The molecule has 7 heteroatoms. The number of hydrogen-bond donors (Lipinski definition) is 0. The van der Waals surface area contributed by atoms with Gasteiger partial charge in [0.15, 0.2) is 4.32 Å². The predicted molar refractivity (Wildman–Crippen MR) is 153 cm³/mol. The van der Waals surface area contributed by atoms with E-state index in [1.54, 1.807) is 4.90 Å². The minimum Gasteiger partial charge on any atom is -0.489 e. The van der Waals surface area contributed by atoms with Crippen molar-refractivity contribution in [3.05, 3.63) is 117 Å². The Morgan fingerprint density at radius 1 is 0.944 bits per heavy atom. The Labute approximate surface area is 225 Å². The second-order valence-electron chi connectivity index (χ2n) is 8.39. The number of rotatable bonds is 6. The predicted octanol–water partition coefficient (Wildman–Crippen LogP) is 7.73. The SMILES string of the molecule is Cc1cc(/C=C2/SC(=S)N(c3ccccc3)C2=O)c(C)n1-c1ccc(OCc2ccccc2Cl)cc1. The Kier molecular flexibility index (Phi) is 7.01. The zero-order valence-corrected chi connectivity index (χ0v) is 22.2. The molecule has 4 aromatic rings. The van der Waals surface area contributed by atoms with E-state index in [9.17, 15) is 4.79 Å². The quantitative estimate of drug-likeness (QED) is 0.189. The maximum absolute atomic E-state index is 13.1. The van der Waals surface area contributed by atoms with Gasteiger partial charge in [0.05, 0.1) is 10.6 Å². The van der Waals surface area contributed by atoms with Gasteiger partial charge >= 0.3 is 0 Å². The molecule has 0 bridgehead atoms. The molecule has 0 unspecified atom stereocenters. The van der Waals surface area contributed by atoms with Crippen LogP contribution in [0.2, 0.25) is 5.02 Å². The first-order valence-electron chi connectivity index (χ1n) is 11.4. The standard InChI is InChI=1S/C29H23ClN2O2S2/c1-19-16-22(17-27-28(33)32(29(35)36-27)23-9-4-3-5-10-23)20(2)31(19)24-12-14-25(15-13-24)34-18-21-8-6-7-11-26(21)30/h3-17H,18H2,1-2H3/b27-17+. The van der Waals surface area contributed by atoms with E-state index in [0.717, 1.165) is 39.6 Å². The highest BCUT2D eigenvalue weighted by Crippen LogP contribution is 2.37. The number of para-hydroxylation sites is 1. The first-order chi connectivity index (χ1) is 17.4. The summed E-state index contributed by atoms with van der Waals surface area (Å²) in [4.78, 5) is 15.3. The smallest absolute Gasteiger partial charge is 0.270 e. The lowest BCUT2D eigenvalue weighted by Gasteiger charge is -2.13. The van der Waals surface area contributed by atoms with Gasteiger partial charge < -0.3 is 9.30 Å². The number of thioether (sulfide) groups is 1. The Morgan fingerprint density at radius 2 is 1.64 bits per heavy atom. The van der Waals surface area contributed by atoms with Crippen molar-refractivity contribution in [3.8, 4) is 11.4 Å². The molecular weight excluding hydrogens is 508 g/mol. The Morgan fingerprint density at radius 3 is 2.36 bits per heavy atom. The lowest BCUT2D eigenvalue weighted by Crippen LogP contribution is -2.27. The van der Waals surface area contributed by atoms with Crippen LogP contribution in [0.3, 0.4) is 0 Å². The summed E-state index contributed by atoms with van der Waals surface area (Å²) in [5, 5.41) is 0.695. The van der Waals surface area contributed by atoms with E-state index in [1.165, 1.54) is 11.8 Å². The molecule has 4 nitrogen and oxygen atoms in total. The topological polar surface area (TPSA) is 34.5 Å². The van der Waals surface area contributed by atoms with E-state index in [0.29, 0.717) is 20.9 Å². The van der Waals surface area contributed by atoms with Crippen molar-refractivity contribution in [2.45, 2.75) is 20.5 Å². The molecule has 1 aliphatic heterocycles. The molecule has 0 radical (unpaired) electrons. The van der Waals surface area contributed by atoms with E-state index in [-0.39, 0.29) is 5.91 Å². The van der Waals surface area contributed by atoms with Crippen molar-refractivity contribution >= 4 is 57.6 Å². The molecule has 2 heterocycles. The van der Waals surface area contributed by atoms with E-state index < -0.39 is 0 Å². The fourth-order valence-electron chi connectivity index (χ4n) is 4.21. The van der Waals surface area contributed by atoms with Crippen LogP contribution in [-0.2, 0) is 11.4 Å². The number of ether oxygens (including phenoxy) is 1. The normalized spacial score (nSPS) is 14.6. The Balaban J connectivity index is 1.36. The van der Waals surface area contributed by atoms with Crippen molar-refractivity contribution < 1.29 is 9.53 Å². The summed E-state index contributed by atoms with van der Waals surface area (Å²) in [6, 6.07) is 27.2. The van der Waals surface area contributed by atoms with Crippen molar-refractivity contribution in [1.82, 2.24) is 4.57 Å². The molecule has 5 rings (SSSR count). The van der Waals surface area contributed by atoms with Crippen LogP contribution < -0.4 is 9.64 Å². The maximum Gasteiger partial charge on any atom is 0.270 e. The summed E-state index contributed by atoms with van der Waals surface area (Å²) >= 11 is 13.1. The summed E-state index contributed by atoms with van der Waals surface area (Å²) < 4.78 is 8.63. The fraction of sp³-hybridized carbons (Fsp3) is 0.103. The minimum absolute atomic E-state index is 0.0963. The van der Waals surface area contributed by atoms with Gasteiger partial charge in [0.1, 0.15) is 12.4 Å². The monoisotopic (exact) mass is 530 g/mol. The van der Waals surface area contributed by atoms with Crippen LogP contribution in [0.1, 0.15) is 22.5 Å². The molecule has 0 atom stereocenters. The van der Waals surface area contributed by atoms with Crippen LogP contribution in [0, 0.1) is 13.8 Å². The van der Waals surface area contributed by atoms with Crippen LogP contribution in [0.15, 0.2) is 89.8 Å². The van der Waals surface area contributed by atoms with Gasteiger partial charge in [-0.25, -0.2) is 0 Å². The van der Waals surface area contributed by atoms with Crippen molar-refractivity contribution in [1.29, 1.82) is 0 Å². The highest BCUT2D eigenvalue weighted by Gasteiger charge is 2.33. The number of amides is 1. The van der Waals surface area contributed by atoms with E-state index in [1.807, 2.05) is 84.9 Å². The van der Waals surface area contributed by atoms with Crippen LogP contribution in [0.4, 0.5) is 5.69 Å². The van der Waals surface area contributed by atoms with Gasteiger partial charge in [0.25, 0.3) is 5.91 Å². The Hall–Kier alpha value is -3.32. The third-order valence-corrected chi connectivity index (χ3v) is 7.68. The van der Waals surface area contributed by atoms with Crippen molar-refractivity contribution in [2.75, 3.05) is 4.90 Å². The van der Waals surface area contributed by atoms with Gasteiger partial charge in [-0.1, -0.05) is 72.0 Å². The average molecular weight is 531 g/mol. The number of thiocarbonyl (C=S) groups is 1. The zero-order chi connectivity index (χ0) is 25.2. The third kappa shape index (κ3) is 4.85. The molecule has 0 aliphatic carbocycles. The first-order valence-corrected chi connectivity index (χ1v) is 13.0. The molecule has 0 N–H and O–H groups in total. The van der Waals surface area contributed by atoms with Gasteiger partial charge in [0, 0.05) is 27.7 Å².